The van der Waals surface area contributed by atoms with Gasteiger partial charge < -0.3 is 9.84 Å². The third kappa shape index (κ3) is 3.16. The van der Waals surface area contributed by atoms with Gasteiger partial charge in [-0.25, -0.2) is 9.78 Å². The maximum absolute atomic E-state index is 11.6. The van der Waals surface area contributed by atoms with E-state index in [1.54, 1.807) is 12.1 Å². The molecule has 122 valence electrons. The quantitative estimate of drug-likeness (QED) is 0.684. The number of nitrogens with zero attached hydrogens (tertiary/aromatic N) is 1. The highest BCUT2D eigenvalue weighted by molar-refractivity contribution is 6.38. The van der Waals surface area contributed by atoms with E-state index in [0.29, 0.717) is 33.2 Å². The molecule has 0 radical (unpaired) electrons. The molecule has 0 bridgehead atoms. The van der Waals surface area contributed by atoms with Gasteiger partial charge >= 0.3 is 5.97 Å². The number of benzene rings is 2. The van der Waals surface area contributed by atoms with Crippen LogP contribution in [0.2, 0.25) is 10.0 Å². The van der Waals surface area contributed by atoms with Crippen LogP contribution < -0.4 is 4.74 Å². The van der Waals surface area contributed by atoms with Gasteiger partial charge in [0.05, 0.1) is 28.4 Å². The van der Waals surface area contributed by atoms with Crippen LogP contribution in [0, 0.1) is 0 Å². The van der Waals surface area contributed by atoms with Gasteiger partial charge in [0.1, 0.15) is 5.75 Å². The lowest BCUT2D eigenvalue weighted by molar-refractivity contribution is 0.0699. The number of hydrogen-bond donors (Lipinski definition) is 1. The van der Waals surface area contributed by atoms with Crippen LogP contribution >= 0.6 is 23.2 Å². The summed E-state index contributed by atoms with van der Waals surface area (Å²) < 4.78 is 5.41. The molecule has 6 heteroatoms. The van der Waals surface area contributed by atoms with Gasteiger partial charge in [0.25, 0.3) is 0 Å². The second-order valence-corrected chi connectivity index (χ2v) is 5.95. The number of carboxylic acid groups (broad SMARTS) is 1. The molecule has 1 heterocycles. The predicted octanol–water partition coefficient (Wildman–Crippen LogP) is 5.31. The number of carboxylic acids is 1. The van der Waals surface area contributed by atoms with Crippen molar-refractivity contribution in [3.8, 4) is 17.0 Å². The van der Waals surface area contributed by atoms with Crippen LogP contribution in [0.4, 0.5) is 0 Å². The summed E-state index contributed by atoms with van der Waals surface area (Å²) in [4.78, 5) is 16.1. The van der Waals surface area contributed by atoms with Gasteiger partial charge in [-0.05, 0) is 49.4 Å². The van der Waals surface area contributed by atoms with E-state index in [-0.39, 0.29) is 5.56 Å². The van der Waals surface area contributed by atoms with Gasteiger partial charge in [-0.2, -0.15) is 0 Å². The standard InChI is InChI=1S/C18H13Cl2NO3/c1-2-24-12-5-3-10(4-6-12)16-9-14(18(22)23)13-7-11(19)8-15(20)17(13)21-16/h3-9H,2H2,1H3,(H,22,23). The fraction of sp³-hybridized carbons (Fsp3) is 0.111. The third-order valence-corrected chi connectivity index (χ3v) is 4.03. The molecule has 4 nitrogen and oxygen atoms in total. The van der Waals surface area contributed by atoms with Gasteiger partial charge in [-0.1, -0.05) is 23.2 Å². The lowest BCUT2D eigenvalue weighted by Crippen LogP contribution is -2.01. The Kier molecular flexibility index (Phi) is 4.60. The van der Waals surface area contributed by atoms with Gasteiger partial charge in [0.2, 0.25) is 0 Å². The van der Waals surface area contributed by atoms with E-state index in [4.69, 9.17) is 27.9 Å². The number of carbonyl (C=O) groups is 1. The second-order valence-electron chi connectivity index (χ2n) is 5.10. The maximum atomic E-state index is 11.6. The molecule has 0 fully saturated rings. The molecule has 24 heavy (non-hydrogen) atoms. The molecule has 1 aromatic heterocycles. The number of halogens is 2. The topological polar surface area (TPSA) is 59.4 Å². The van der Waals surface area contributed by atoms with Gasteiger partial charge in [-0.15, -0.1) is 0 Å². The highest BCUT2D eigenvalue weighted by Crippen LogP contribution is 2.32. The number of rotatable bonds is 4. The fourth-order valence-corrected chi connectivity index (χ4v) is 3.00. The average Bonchev–Trinajstić information content (AvgIpc) is 2.55. The minimum absolute atomic E-state index is 0.105. The first-order valence-corrected chi connectivity index (χ1v) is 8.01. The van der Waals surface area contributed by atoms with Crippen LogP contribution in [0.1, 0.15) is 17.3 Å². The zero-order valence-electron chi connectivity index (χ0n) is 12.7. The minimum atomic E-state index is -1.06. The van der Waals surface area contributed by atoms with E-state index >= 15 is 0 Å². The van der Waals surface area contributed by atoms with Crippen molar-refractivity contribution in [3.05, 3.63) is 58.1 Å². The summed E-state index contributed by atoms with van der Waals surface area (Å²) in [6.45, 7) is 2.48. The molecule has 0 spiro atoms. The Labute approximate surface area is 148 Å². The van der Waals surface area contributed by atoms with Crippen molar-refractivity contribution in [3.63, 3.8) is 0 Å². The van der Waals surface area contributed by atoms with E-state index < -0.39 is 5.97 Å². The number of aromatic carboxylic acids is 1. The molecule has 0 unspecified atom stereocenters. The van der Waals surface area contributed by atoms with Crippen LogP contribution in [-0.2, 0) is 0 Å². The molecular formula is C18H13Cl2NO3. The Hall–Kier alpha value is -2.30. The summed E-state index contributed by atoms with van der Waals surface area (Å²) in [5.41, 5.74) is 1.80. The predicted molar refractivity (Wildman–Crippen MR) is 95.3 cm³/mol. The summed E-state index contributed by atoms with van der Waals surface area (Å²) in [5, 5.41) is 10.6. The second kappa shape index (κ2) is 6.67. The zero-order chi connectivity index (χ0) is 17.3. The molecule has 0 aliphatic carbocycles. The van der Waals surface area contributed by atoms with Gasteiger partial charge in [-0.3, -0.25) is 0 Å². The first kappa shape index (κ1) is 16.6. The van der Waals surface area contributed by atoms with Crippen molar-refractivity contribution >= 4 is 40.1 Å². The molecule has 0 atom stereocenters. The Morgan fingerprint density at radius 1 is 1.17 bits per heavy atom. The molecule has 1 N–H and O–H groups in total. The number of hydrogen-bond acceptors (Lipinski definition) is 3. The normalized spacial score (nSPS) is 10.8. The number of aromatic nitrogens is 1. The Balaban J connectivity index is 2.20. The van der Waals surface area contributed by atoms with E-state index in [9.17, 15) is 9.90 Å². The minimum Gasteiger partial charge on any atom is -0.494 e. The lowest BCUT2D eigenvalue weighted by Gasteiger charge is -2.10. The van der Waals surface area contributed by atoms with Crippen LogP contribution in [0.15, 0.2) is 42.5 Å². The number of fused-ring (bicyclic) bond motifs is 1. The molecular weight excluding hydrogens is 349 g/mol. The third-order valence-electron chi connectivity index (χ3n) is 3.52. The monoisotopic (exact) mass is 361 g/mol. The van der Waals surface area contributed by atoms with Crippen LogP contribution in [0.5, 0.6) is 5.75 Å². The Morgan fingerprint density at radius 3 is 2.50 bits per heavy atom. The van der Waals surface area contributed by atoms with Crippen molar-refractivity contribution in [2.75, 3.05) is 6.61 Å². The van der Waals surface area contributed by atoms with Crippen molar-refractivity contribution in [1.82, 2.24) is 4.98 Å². The van der Waals surface area contributed by atoms with E-state index in [0.717, 1.165) is 11.3 Å². The SMILES string of the molecule is CCOc1ccc(-c2cc(C(=O)O)c3cc(Cl)cc(Cl)c3n2)cc1. The van der Waals surface area contributed by atoms with E-state index in [1.807, 2.05) is 31.2 Å². The van der Waals surface area contributed by atoms with Crippen LogP contribution in [-0.4, -0.2) is 22.7 Å². The summed E-state index contributed by atoms with van der Waals surface area (Å²) in [5.74, 6) is -0.321. The van der Waals surface area contributed by atoms with Crippen molar-refractivity contribution < 1.29 is 14.6 Å². The molecule has 0 amide bonds. The smallest absolute Gasteiger partial charge is 0.336 e. The van der Waals surface area contributed by atoms with Crippen molar-refractivity contribution in [1.29, 1.82) is 0 Å². The number of ether oxygens (including phenoxy) is 1. The number of pyridine rings is 1. The van der Waals surface area contributed by atoms with Crippen LogP contribution in [0.3, 0.4) is 0 Å². The summed E-state index contributed by atoms with van der Waals surface area (Å²) in [6.07, 6.45) is 0. The summed E-state index contributed by atoms with van der Waals surface area (Å²) in [7, 11) is 0. The molecule has 2 aromatic carbocycles. The Bertz CT molecular complexity index is 924. The molecule has 0 aliphatic rings. The maximum Gasteiger partial charge on any atom is 0.336 e. The van der Waals surface area contributed by atoms with Crippen LogP contribution in [0.25, 0.3) is 22.2 Å². The first-order valence-electron chi connectivity index (χ1n) is 7.26. The molecule has 3 aromatic rings. The highest BCUT2D eigenvalue weighted by atomic mass is 35.5. The molecule has 0 saturated carbocycles. The molecule has 3 rings (SSSR count). The highest BCUT2D eigenvalue weighted by Gasteiger charge is 2.16. The van der Waals surface area contributed by atoms with E-state index in [2.05, 4.69) is 4.98 Å². The summed E-state index contributed by atoms with van der Waals surface area (Å²) in [6, 6.07) is 11.9. The average molecular weight is 362 g/mol. The summed E-state index contributed by atoms with van der Waals surface area (Å²) >= 11 is 12.2. The zero-order valence-corrected chi connectivity index (χ0v) is 14.2. The van der Waals surface area contributed by atoms with Crippen molar-refractivity contribution in [2.45, 2.75) is 6.92 Å². The van der Waals surface area contributed by atoms with Crippen molar-refractivity contribution in [2.24, 2.45) is 0 Å². The van der Waals surface area contributed by atoms with E-state index in [1.165, 1.54) is 6.07 Å². The first-order chi connectivity index (χ1) is 11.5. The van der Waals surface area contributed by atoms with Gasteiger partial charge in [0, 0.05) is 16.0 Å². The lowest BCUT2D eigenvalue weighted by atomic mass is 10.0. The molecule has 0 aliphatic heterocycles. The van der Waals surface area contributed by atoms with Gasteiger partial charge in [0.15, 0.2) is 0 Å². The Morgan fingerprint density at radius 2 is 1.88 bits per heavy atom. The fourth-order valence-electron chi connectivity index (χ4n) is 2.47. The largest absolute Gasteiger partial charge is 0.494 e. The molecule has 0 saturated heterocycles.